The van der Waals surface area contributed by atoms with Crippen LogP contribution >= 0.6 is 23.1 Å². The molecule has 0 bridgehead atoms. The first-order valence-corrected chi connectivity index (χ1v) is 10.7. The Balaban J connectivity index is 1.41. The molecule has 2 aromatic heterocycles. The van der Waals surface area contributed by atoms with Gasteiger partial charge in [-0.05, 0) is 54.5 Å². The second-order valence-electron chi connectivity index (χ2n) is 6.76. The van der Waals surface area contributed by atoms with Crippen molar-refractivity contribution in [3.8, 4) is 10.8 Å². The number of hydrogen-bond acceptors (Lipinski definition) is 7. The number of fused-ring (bicyclic) bond motifs is 1. The van der Waals surface area contributed by atoms with E-state index in [9.17, 15) is 4.79 Å². The van der Waals surface area contributed by atoms with Crippen LogP contribution in [0.25, 0.3) is 10.8 Å². The third-order valence-corrected chi connectivity index (χ3v) is 6.80. The van der Waals surface area contributed by atoms with Crippen LogP contribution in [0, 0.1) is 5.92 Å². The number of thioether (sulfide) groups is 1. The number of carbonyl (C=O) groups is 1. The average Bonchev–Trinajstić information content (AvgIpc) is 3.32. The third-order valence-electron chi connectivity index (χ3n) is 4.68. The Labute approximate surface area is 166 Å². The molecule has 0 N–H and O–H groups in total. The molecule has 1 unspecified atom stereocenters. The zero-order valence-electron chi connectivity index (χ0n) is 15.2. The van der Waals surface area contributed by atoms with Gasteiger partial charge in [0.05, 0.1) is 17.6 Å². The molecule has 0 spiro atoms. The van der Waals surface area contributed by atoms with Crippen molar-refractivity contribution in [3.05, 3.63) is 51.9 Å². The zero-order valence-corrected chi connectivity index (χ0v) is 16.9. The van der Waals surface area contributed by atoms with E-state index in [1.165, 1.54) is 35.7 Å². The van der Waals surface area contributed by atoms with Gasteiger partial charge in [-0.25, -0.2) is 4.79 Å². The van der Waals surface area contributed by atoms with Crippen molar-refractivity contribution in [3.63, 3.8) is 0 Å². The van der Waals surface area contributed by atoms with Gasteiger partial charge in [0.2, 0.25) is 0 Å². The van der Waals surface area contributed by atoms with Gasteiger partial charge in [-0.1, -0.05) is 30.8 Å². The number of aromatic nitrogens is 2. The lowest BCUT2D eigenvalue weighted by Crippen LogP contribution is -2.07. The highest BCUT2D eigenvalue weighted by Crippen LogP contribution is 2.37. The van der Waals surface area contributed by atoms with Crippen LogP contribution in [0.15, 0.2) is 40.0 Å². The lowest BCUT2D eigenvalue weighted by atomic mass is 9.90. The van der Waals surface area contributed by atoms with Crippen LogP contribution in [0.5, 0.6) is 0 Å². The Morgan fingerprint density at radius 1 is 1.33 bits per heavy atom. The zero-order chi connectivity index (χ0) is 18.8. The molecule has 0 saturated carbocycles. The predicted octanol–water partition coefficient (Wildman–Crippen LogP) is 5.00. The number of nitrogens with zero attached hydrogens (tertiary/aromatic N) is 2. The number of rotatable bonds is 5. The number of hydrogen-bond donors (Lipinski definition) is 0. The third kappa shape index (κ3) is 4.09. The number of aryl methyl sites for hydroxylation is 1. The second kappa shape index (κ2) is 7.86. The van der Waals surface area contributed by atoms with E-state index in [-0.39, 0.29) is 5.97 Å². The molecule has 0 fully saturated rings. The maximum atomic E-state index is 11.5. The molecule has 7 heteroatoms. The first-order valence-electron chi connectivity index (χ1n) is 8.88. The largest absolute Gasteiger partial charge is 0.465 e. The monoisotopic (exact) mass is 400 g/mol. The van der Waals surface area contributed by atoms with Crippen molar-refractivity contribution < 1.29 is 13.9 Å². The van der Waals surface area contributed by atoms with E-state index >= 15 is 0 Å². The van der Waals surface area contributed by atoms with Crippen molar-refractivity contribution in [2.45, 2.75) is 37.2 Å². The summed E-state index contributed by atoms with van der Waals surface area (Å²) in [5, 5.41) is 8.95. The first-order chi connectivity index (χ1) is 13.1. The van der Waals surface area contributed by atoms with Crippen molar-refractivity contribution >= 4 is 29.1 Å². The fourth-order valence-electron chi connectivity index (χ4n) is 3.18. The molecule has 4 rings (SSSR count). The van der Waals surface area contributed by atoms with Gasteiger partial charge < -0.3 is 9.15 Å². The Kier molecular flexibility index (Phi) is 5.31. The summed E-state index contributed by atoms with van der Waals surface area (Å²) in [5.41, 5.74) is 3.06. The van der Waals surface area contributed by atoms with Gasteiger partial charge in [-0.3, -0.25) is 0 Å². The molecule has 2 heterocycles. The van der Waals surface area contributed by atoms with Gasteiger partial charge in [0.15, 0.2) is 0 Å². The highest BCUT2D eigenvalue weighted by molar-refractivity contribution is 7.98. The summed E-state index contributed by atoms with van der Waals surface area (Å²) in [6.45, 7) is 2.30. The molecule has 27 heavy (non-hydrogen) atoms. The average molecular weight is 401 g/mol. The van der Waals surface area contributed by atoms with Crippen molar-refractivity contribution in [2.24, 2.45) is 5.92 Å². The summed E-state index contributed by atoms with van der Waals surface area (Å²) in [5.74, 6) is 1.72. The Morgan fingerprint density at radius 2 is 2.15 bits per heavy atom. The molecule has 1 aliphatic rings. The highest BCUT2D eigenvalue weighted by atomic mass is 32.2. The summed E-state index contributed by atoms with van der Waals surface area (Å²) in [6, 6.07) is 9.55. The van der Waals surface area contributed by atoms with E-state index in [0.29, 0.717) is 22.4 Å². The van der Waals surface area contributed by atoms with Crippen LogP contribution in [0.2, 0.25) is 0 Å². The van der Waals surface area contributed by atoms with Crippen LogP contribution < -0.4 is 0 Å². The van der Waals surface area contributed by atoms with E-state index in [1.54, 1.807) is 23.5 Å². The van der Waals surface area contributed by atoms with Crippen LogP contribution in [0.4, 0.5) is 0 Å². The molecular weight excluding hydrogens is 380 g/mol. The first kappa shape index (κ1) is 18.3. The van der Waals surface area contributed by atoms with E-state index in [1.807, 2.05) is 12.1 Å². The van der Waals surface area contributed by atoms with Crippen LogP contribution in [-0.2, 0) is 23.3 Å². The maximum absolute atomic E-state index is 11.5. The number of thiophene rings is 1. The number of ether oxygens (including phenoxy) is 1. The van der Waals surface area contributed by atoms with Crippen molar-refractivity contribution in [2.75, 3.05) is 7.11 Å². The van der Waals surface area contributed by atoms with Crippen LogP contribution in [-0.4, -0.2) is 23.3 Å². The van der Waals surface area contributed by atoms with E-state index in [0.717, 1.165) is 29.2 Å². The topological polar surface area (TPSA) is 65.2 Å². The molecule has 0 amide bonds. The van der Waals surface area contributed by atoms with E-state index < -0.39 is 0 Å². The molecular formula is C20H20N2O3S2. The van der Waals surface area contributed by atoms with Gasteiger partial charge in [-0.15, -0.1) is 21.5 Å². The van der Waals surface area contributed by atoms with Gasteiger partial charge >= 0.3 is 5.97 Å². The molecule has 5 nitrogen and oxygen atoms in total. The molecule has 140 valence electrons. The number of esters is 1. The number of carbonyl (C=O) groups excluding carboxylic acids is 1. The van der Waals surface area contributed by atoms with Crippen molar-refractivity contribution in [1.29, 1.82) is 0 Å². The number of benzene rings is 1. The van der Waals surface area contributed by atoms with E-state index in [4.69, 9.17) is 9.15 Å². The van der Waals surface area contributed by atoms with Gasteiger partial charge in [0.1, 0.15) is 0 Å². The Morgan fingerprint density at radius 3 is 2.93 bits per heavy atom. The minimum Gasteiger partial charge on any atom is -0.465 e. The molecule has 1 aliphatic carbocycles. The van der Waals surface area contributed by atoms with Gasteiger partial charge in [0.25, 0.3) is 11.1 Å². The van der Waals surface area contributed by atoms with Crippen molar-refractivity contribution in [1.82, 2.24) is 10.2 Å². The fraction of sp³-hybridized carbons (Fsp3) is 0.350. The molecule has 0 saturated heterocycles. The molecule has 0 radical (unpaired) electrons. The highest BCUT2D eigenvalue weighted by Gasteiger charge is 2.21. The second-order valence-corrected chi connectivity index (χ2v) is 8.82. The van der Waals surface area contributed by atoms with Crippen LogP contribution in [0.1, 0.15) is 39.7 Å². The molecule has 1 aromatic carbocycles. The summed E-state index contributed by atoms with van der Waals surface area (Å²) >= 11 is 3.27. The van der Waals surface area contributed by atoms with Gasteiger partial charge in [0, 0.05) is 10.6 Å². The standard InChI is InChI=1S/C20H20N2O3S2/c1-12-3-8-16-15(9-12)10-17(27-16)18-21-22-20(25-18)26-11-13-4-6-14(7-5-13)19(23)24-2/h4-7,10,12H,3,8-9,11H2,1-2H3. The van der Waals surface area contributed by atoms with E-state index in [2.05, 4.69) is 23.2 Å². The molecule has 0 aliphatic heterocycles. The Hall–Kier alpha value is -2.12. The predicted molar refractivity (Wildman–Crippen MR) is 106 cm³/mol. The molecule has 1 atom stereocenters. The quantitative estimate of drug-likeness (QED) is 0.443. The normalized spacial score (nSPS) is 16.1. The molecule has 3 aromatic rings. The lowest BCUT2D eigenvalue weighted by Gasteiger charge is -2.16. The number of methoxy groups -OCH3 is 1. The van der Waals surface area contributed by atoms with Gasteiger partial charge in [-0.2, -0.15) is 0 Å². The fourth-order valence-corrected chi connectivity index (χ4v) is 5.03. The minimum atomic E-state index is -0.330. The summed E-state index contributed by atoms with van der Waals surface area (Å²) in [7, 11) is 1.38. The maximum Gasteiger partial charge on any atom is 0.337 e. The summed E-state index contributed by atoms with van der Waals surface area (Å²) in [6.07, 6.45) is 3.55. The summed E-state index contributed by atoms with van der Waals surface area (Å²) < 4.78 is 10.6. The Bertz CT molecular complexity index is 947. The lowest BCUT2D eigenvalue weighted by molar-refractivity contribution is 0.0600. The summed E-state index contributed by atoms with van der Waals surface area (Å²) in [4.78, 5) is 14.0. The SMILES string of the molecule is COC(=O)c1ccc(CSc2nnc(-c3cc4c(s3)CCC(C)C4)o2)cc1. The smallest absolute Gasteiger partial charge is 0.337 e. The van der Waals surface area contributed by atoms with Crippen LogP contribution in [0.3, 0.4) is 0 Å². The minimum absolute atomic E-state index is 0.330.